The Hall–Kier alpha value is -0.880. The van der Waals surface area contributed by atoms with Gasteiger partial charge in [-0.2, -0.15) is 0 Å². The van der Waals surface area contributed by atoms with Crippen LogP contribution in [0, 0.1) is 5.92 Å². The maximum Gasteiger partial charge on any atom is 0.310 e. The van der Waals surface area contributed by atoms with Gasteiger partial charge in [0.25, 0.3) is 5.91 Å². The number of ether oxygens (including phenoxy) is 1. The van der Waals surface area contributed by atoms with E-state index in [4.69, 9.17) is 4.74 Å². The van der Waals surface area contributed by atoms with Gasteiger partial charge in [-0.15, -0.1) is 0 Å². The standard InChI is InChI=1S/C15H17Br2NO3/c1-2-21-15(20)10-4-3-5-18(9-10)14(19)11-6-12(16)8-13(17)7-11/h6-8,10H,2-5,9H2,1H3. The summed E-state index contributed by atoms with van der Waals surface area (Å²) < 4.78 is 6.75. The van der Waals surface area contributed by atoms with E-state index in [9.17, 15) is 9.59 Å². The number of hydrogen-bond acceptors (Lipinski definition) is 3. The van der Waals surface area contributed by atoms with E-state index in [0.717, 1.165) is 21.8 Å². The van der Waals surface area contributed by atoms with E-state index in [1.807, 2.05) is 6.07 Å². The molecule has 2 rings (SSSR count). The summed E-state index contributed by atoms with van der Waals surface area (Å²) in [6.07, 6.45) is 1.61. The largest absolute Gasteiger partial charge is 0.466 e. The van der Waals surface area contributed by atoms with Crippen LogP contribution in [0.3, 0.4) is 0 Å². The molecular formula is C15H17Br2NO3. The molecule has 21 heavy (non-hydrogen) atoms. The molecule has 0 bridgehead atoms. The van der Waals surface area contributed by atoms with Gasteiger partial charge >= 0.3 is 5.97 Å². The summed E-state index contributed by atoms with van der Waals surface area (Å²) in [5.74, 6) is -0.463. The molecule has 0 N–H and O–H groups in total. The Bertz CT molecular complexity index is 527. The van der Waals surface area contributed by atoms with Crippen molar-refractivity contribution in [1.82, 2.24) is 4.90 Å². The van der Waals surface area contributed by atoms with Crippen LogP contribution in [0.4, 0.5) is 0 Å². The fourth-order valence-corrected chi connectivity index (χ4v) is 3.77. The molecular weight excluding hydrogens is 402 g/mol. The molecule has 1 aromatic carbocycles. The zero-order chi connectivity index (χ0) is 15.4. The molecule has 0 radical (unpaired) electrons. The highest BCUT2D eigenvalue weighted by Crippen LogP contribution is 2.24. The molecule has 1 aliphatic heterocycles. The van der Waals surface area contributed by atoms with Gasteiger partial charge in [0.05, 0.1) is 12.5 Å². The number of hydrogen-bond donors (Lipinski definition) is 0. The highest BCUT2D eigenvalue weighted by Gasteiger charge is 2.29. The average molecular weight is 419 g/mol. The molecule has 114 valence electrons. The van der Waals surface area contributed by atoms with Crippen molar-refractivity contribution in [3.8, 4) is 0 Å². The summed E-state index contributed by atoms with van der Waals surface area (Å²) in [5.41, 5.74) is 0.612. The molecule has 1 amide bonds. The van der Waals surface area contributed by atoms with Gasteiger partial charge in [-0.3, -0.25) is 9.59 Å². The monoisotopic (exact) mass is 417 g/mol. The zero-order valence-electron chi connectivity index (χ0n) is 11.8. The highest BCUT2D eigenvalue weighted by molar-refractivity contribution is 9.11. The Morgan fingerprint density at radius 3 is 2.57 bits per heavy atom. The number of nitrogens with zero attached hydrogens (tertiary/aromatic N) is 1. The number of carbonyl (C=O) groups is 2. The Kier molecular flexibility index (Phi) is 5.81. The van der Waals surface area contributed by atoms with Crippen molar-refractivity contribution in [2.75, 3.05) is 19.7 Å². The quantitative estimate of drug-likeness (QED) is 0.704. The Morgan fingerprint density at radius 2 is 1.95 bits per heavy atom. The van der Waals surface area contributed by atoms with Gasteiger partial charge < -0.3 is 9.64 Å². The van der Waals surface area contributed by atoms with Crippen LogP contribution in [0.1, 0.15) is 30.1 Å². The van der Waals surface area contributed by atoms with E-state index < -0.39 is 0 Å². The van der Waals surface area contributed by atoms with Crippen molar-refractivity contribution in [3.05, 3.63) is 32.7 Å². The second-order valence-electron chi connectivity index (χ2n) is 5.00. The predicted octanol–water partition coefficient (Wildman–Crippen LogP) is 3.63. The van der Waals surface area contributed by atoms with Crippen LogP contribution >= 0.6 is 31.9 Å². The smallest absolute Gasteiger partial charge is 0.310 e. The lowest BCUT2D eigenvalue weighted by molar-refractivity contribution is -0.149. The van der Waals surface area contributed by atoms with Crippen molar-refractivity contribution in [3.63, 3.8) is 0 Å². The predicted molar refractivity (Wildman–Crippen MR) is 87.1 cm³/mol. The third kappa shape index (κ3) is 4.30. The average Bonchev–Trinajstić information content (AvgIpc) is 2.46. The van der Waals surface area contributed by atoms with Gasteiger partial charge in [-0.25, -0.2) is 0 Å². The van der Waals surface area contributed by atoms with Gasteiger partial charge in [0.2, 0.25) is 0 Å². The summed E-state index contributed by atoms with van der Waals surface area (Å²) >= 11 is 6.77. The minimum Gasteiger partial charge on any atom is -0.466 e. The maximum absolute atomic E-state index is 12.6. The lowest BCUT2D eigenvalue weighted by Gasteiger charge is -2.31. The zero-order valence-corrected chi connectivity index (χ0v) is 14.9. The van der Waals surface area contributed by atoms with E-state index in [2.05, 4.69) is 31.9 Å². The van der Waals surface area contributed by atoms with Crippen LogP contribution in [0.5, 0.6) is 0 Å². The Labute approximate surface area is 141 Å². The van der Waals surface area contributed by atoms with Gasteiger partial charge in [-0.1, -0.05) is 31.9 Å². The van der Waals surface area contributed by atoms with Gasteiger partial charge in [0.15, 0.2) is 0 Å². The van der Waals surface area contributed by atoms with Crippen molar-refractivity contribution in [2.24, 2.45) is 5.92 Å². The molecule has 1 heterocycles. The minimum atomic E-state index is -0.210. The number of piperidine rings is 1. The van der Waals surface area contributed by atoms with E-state index in [1.165, 1.54) is 0 Å². The first-order chi connectivity index (χ1) is 10.0. The second kappa shape index (κ2) is 7.40. The van der Waals surface area contributed by atoms with Crippen LogP contribution in [0.15, 0.2) is 27.1 Å². The van der Waals surface area contributed by atoms with Gasteiger partial charge in [0, 0.05) is 27.6 Å². The van der Waals surface area contributed by atoms with E-state index in [0.29, 0.717) is 25.3 Å². The molecule has 1 atom stereocenters. The van der Waals surface area contributed by atoms with Crippen molar-refractivity contribution < 1.29 is 14.3 Å². The normalized spacial score (nSPS) is 18.4. The molecule has 0 aliphatic carbocycles. The molecule has 0 saturated carbocycles. The molecule has 6 heteroatoms. The minimum absolute atomic E-state index is 0.0500. The number of amides is 1. The third-order valence-electron chi connectivity index (χ3n) is 3.44. The number of carbonyl (C=O) groups excluding carboxylic acids is 2. The van der Waals surface area contributed by atoms with E-state index in [-0.39, 0.29) is 17.8 Å². The molecule has 1 unspecified atom stereocenters. The fraction of sp³-hybridized carbons (Fsp3) is 0.467. The Balaban J connectivity index is 2.10. The topological polar surface area (TPSA) is 46.6 Å². The first kappa shape index (κ1) is 16.5. The van der Waals surface area contributed by atoms with E-state index in [1.54, 1.807) is 24.0 Å². The van der Waals surface area contributed by atoms with Crippen LogP contribution in [0.2, 0.25) is 0 Å². The third-order valence-corrected chi connectivity index (χ3v) is 4.35. The van der Waals surface area contributed by atoms with Crippen molar-refractivity contribution >= 4 is 43.7 Å². The van der Waals surface area contributed by atoms with E-state index >= 15 is 0 Å². The maximum atomic E-state index is 12.6. The van der Waals surface area contributed by atoms with Crippen molar-refractivity contribution in [1.29, 1.82) is 0 Å². The molecule has 1 aromatic rings. The first-order valence-corrected chi connectivity index (χ1v) is 8.52. The molecule has 4 nitrogen and oxygen atoms in total. The van der Waals surface area contributed by atoms with Crippen LogP contribution < -0.4 is 0 Å². The fourth-order valence-electron chi connectivity index (χ4n) is 2.47. The molecule has 1 saturated heterocycles. The van der Waals surface area contributed by atoms with Crippen molar-refractivity contribution in [2.45, 2.75) is 19.8 Å². The highest BCUT2D eigenvalue weighted by atomic mass is 79.9. The Morgan fingerprint density at radius 1 is 1.29 bits per heavy atom. The number of rotatable bonds is 3. The summed E-state index contributed by atoms with van der Waals surface area (Å²) in [6.45, 7) is 3.28. The summed E-state index contributed by atoms with van der Waals surface area (Å²) in [5, 5.41) is 0. The van der Waals surface area contributed by atoms with Crippen LogP contribution in [-0.2, 0) is 9.53 Å². The SMILES string of the molecule is CCOC(=O)C1CCCN(C(=O)c2cc(Br)cc(Br)c2)C1. The number of esters is 1. The number of halogens is 2. The van der Waals surface area contributed by atoms with Gasteiger partial charge in [0.1, 0.15) is 0 Å². The number of likely N-dealkylation sites (tertiary alicyclic amines) is 1. The summed E-state index contributed by atoms with van der Waals surface area (Å²) in [6, 6.07) is 5.47. The van der Waals surface area contributed by atoms with Gasteiger partial charge in [-0.05, 0) is 38.0 Å². The lowest BCUT2D eigenvalue weighted by atomic mass is 9.97. The lowest BCUT2D eigenvalue weighted by Crippen LogP contribution is -2.42. The molecule has 0 spiro atoms. The summed E-state index contributed by atoms with van der Waals surface area (Å²) in [7, 11) is 0. The molecule has 1 fully saturated rings. The molecule has 0 aromatic heterocycles. The molecule has 1 aliphatic rings. The van der Waals surface area contributed by atoms with Crippen LogP contribution in [0.25, 0.3) is 0 Å². The summed E-state index contributed by atoms with van der Waals surface area (Å²) in [4.78, 5) is 26.1. The second-order valence-corrected chi connectivity index (χ2v) is 6.83. The number of benzene rings is 1. The van der Waals surface area contributed by atoms with Crippen LogP contribution in [-0.4, -0.2) is 36.5 Å². The first-order valence-electron chi connectivity index (χ1n) is 6.93.